The van der Waals surface area contributed by atoms with Gasteiger partial charge in [0.2, 0.25) is 5.76 Å². The number of fused-ring (bicyclic) bond motifs is 2. The van der Waals surface area contributed by atoms with Crippen LogP contribution in [0.25, 0.3) is 0 Å². The summed E-state index contributed by atoms with van der Waals surface area (Å²) in [6.45, 7) is 2.82. The van der Waals surface area contributed by atoms with Crippen LogP contribution in [0, 0.1) is 6.92 Å². The Morgan fingerprint density at radius 2 is 1.96 bits per heavy atom. The summed E-state index contributed by atoms with van der Waals surface area (Å²) in [6.07, 6.45) is 2.62. The van der Waals surface area contributed by atoms with Crippen LogP contribution in [0.2, 0.25) is 0 Å². The Morgan fingerprint density at radius 3 is 2.76 bits per heavy atom. The molecule has 2 unspecified atom stereocenters. The summed E-state index contributed by atoms with van der Waals surface area (Å²) < 4.78 is 11.1. The topological polar surface area (TPSA) is 47.6 Å². The van der Waals surface area contributed by atoms with Crippen molar-refractivity contribution < 1.29 is 14.3 Å². The first kappa shape index (κ1) is 15.9. The van der Waals surface area contributed by atoms with Gasteiger partial charge in [-0.05, 0) is 29.7 Å². The fraction of sp³-hybridized carbons (Fsp3) is 0.286. The SMILES string of the molecule is COC(=O)C1=CC(c2ccccc2C)CC2(NCc3ccccc32)O1. The molecule has 4 nitrogen and oxygen atoms in total. The van der Waals surface area contributed by atoms with Gasteiger partial charge in [-0.25, -0.2) is 4.79 Å². The molecule has 0 aromatic heterocycles. The molecule has 4 rings (SSSR count). The lowest BCUT2D eigenvalue weighted by molar-refractivity contribution is -0.147. The molecule has 2 aliphatic rings. The van der Waals surface area contributed by atoms with Gasteiger partial charge < -0.3 is 9.47 Å². The number of carbonyl (C=O) groups is 1. The first-order valence-corrected chi connectivity index (χ1v) is 8.51. The number of hydrogen-bond donors (Lipinski definition) is 1. The molecule has 128 valence electrons. The number of allylic oxidation sites excluding steroid dienone is 1. The molecule has 0 radical (unpaired) electrons. The Labute approximate surface area is 147 Å². The van der Waals surface area contributed by atoms with E-state index in [1.54, 1.807) is 0 Å². The van der Waals surface area contributed by atoms with E-state index in [9.17, 15) is 4.79 Å². The third-order valence-corrected chi connectivity index (χ3v) is 5.14. The van der Waals surface area contributed by atoms with E-state index in [-0.39, 0.29) is 11.7 Å². The Kier molecular flexibility index (Phi) is 3.85. The lowest BCUT2D eigenvalue weighted by Gasteiger charge is -2.38. The van der Waals surface area contributed by atoms with E-state index < -0.39 is 11.7 Å². The molecule has 4 heteroatoms. The van der Waals surface area contributed by atoms with E-state index in [0.29, 0.717) is 0 Å². The number of carbonyl (C=O) groups excluding carboxylic acids is 1. The zero-order valence-corrected chi connectivity index (χ0v) is 14.4. The molecule has 0 fully saturated rings. The van der Waals surface area contributed by atoms with Gasteiger partial charge in [-0.1, -0.05) is 48.5 Å². The predicted molar refractivity (Wildman–Crippen MR) is 94.7 cm³/mol. The first-order chi connectivity index (χ1) is 12.1. The Bertz CT molecular complexity index is 858. The minimum atomic E-state index is -0.693. The van der Waals surface area contributed by atoms with Gasteiger partial charge in [0.1, 0.15) is 0 Å². The molecule has 0 saturated carbocycles. The van der Waals surface area contributed by atoms with Crippen molar-refractivity contribution in [1.82, 2.24) is 5.32 Å². The Morgan fingerprint density at radius 1 is 1.20 bits per heavy atom. The molecule has 25 heavy (non-hydrogen) atoms. The van der Waals surface area contributed by atoms with Crippen LogP contribution in [0.15, 0.2) is 60.4 Å². The molecule has 0 aliphatic carbocycles. The highest BCUT2D eigenvalue weighted by atomic mass is 16.6. The number of esters is 1. The van der Waals surface area contributed by atoms with Gasteiger partial charge in [0.25, 0.3) is 0 Å². The Balaban J connectivity index is 1.81. The van der Waals surface area contributed by atoms with Crippen molar-refractivity contribution in [2.75, 3.05) is 7.11 Å². The second kappa shape index (κ2) is 6.05. The van der Waals surface area contributed by atoms with Crippen LogP contribution < -0.4 is 5.32 Å². The van der Waals surface area contributed by atoms with Crippen molar-refractivity contribution in [1.29, 1.82) is 0 Å². The van der Waals surface area contributed by atoms with E-state index >= 15 is 0 Å². The van der Waals surface area contributed by atoms with Crippen molar-refractivity contribution in [2.24, 2.45) is 0 Å². The molecule has 1 spiro atoms. The van der Waals surface area contributed by atoms with Crippen molar-refractivity contribution in [3.05, 3.63) is 82.6 Å². The summed E-state index contributed by atoms with van der Waals surface area (Å²) in [4.78, 5) is 12.2. The summed E-state index contributed by atoms with van der Waals surface area (Å²) in [5.74, 6) is -0.0993. The standard InChI is InChI=1S/C21H21NO3/c1-14-7-3-5-9-17(14)16-11-19(20(23)24-2)25-21(12-16)18-10-6-4-8-15(18)13-22-21/h3-11,16,22H,12-13H2,1-2H3. The molecule has 0 bridgehead atoms. The summed E-state index contributed by atoms with van der Waals surface area (Å²) in [6, 6.07) is 16.5. The van der Waals surface area contributed by atoms with Crippen LogP contribution in [-0.2, 0) is 26.5 Å². The van der Waals surface area contributed by atoms with Crippen molar-refractivity contribution >= 4 is 5.97 Å². The number of nitrogens with one attached hydrogen (secondary N) is 1. The lowest BCUT2D eigenvalue weighted by atomic mass is 9.83. The smallest absolute Gasteiger partial charge is 0.373 e. The number of benzene rings is 2. The number of methoxy groups -OCH3 is 1. The molecule has 2 aliphatic heterocycles. The summed E-state index contributed by atoms with van der Waals surface area (Å²) >= 11 is 0. The van der Waals surface area contributed by atoms with Crippen LogP contribution in [0.5, 0.6) is 0 Å². The average molecular weight is 335 g/mol. The maximum absolute atomic E-state index is 12.2. The minimum Gasteiger partial charge on any atom is -0.463 e. The third kappa shape index (κ3) is 2.63. The quantitative estimate of drug-likeness (QED) is 0.853. The molecule has 1 N–H and O–H groups in total. The van der Waals surface area contributed by atoms with Crippen LogP contribution in [0.3, 0.4) is 0 Å². The zero-order valence-electron chi connectivity index (χ0n) is 14.4. The second-order valence-corrected chi connectivity index (χ2v) is 6.63. The maximum atomic E-state index is 12.2. The van der Waals surface area contributed by atoms with E-state index in [1.807, 2.05) is 30.3 Å². The molecule has 2 heterocycles. The monoisotopic (exact) mass is 335 g/mol. The molecule has 2 aromatic carbocycles. The average Bonchev–Trinajstić information content (AvgIpc) is 2.99. The maximum Gasteiger partial charge on any atom is 0.373 e. The molecular formula is C21H21NO3. The number of rotatable bonds is 2. The van der Waals surface area contributed by atoms with Crippen LogP contribution in [0.4, 0.5) is 0 Å². The van der Waals surface area contributed by atoms with Crippen molar-refractivity contribution in [3.63, 3.8) is 0 Å². The van der Waals surface area contributed by atoms with Gasteiger partial charge in [0, 0.05) is 24.4 Å². The highest BCUT2D eigenvalue weighted by Crippen LogP contribution is 2.46. The van der Waals surface area contributed by atoms with Crippen molar-refractivity contribution in [3.8, 4) is 0 Å². The van der Waals surface area contributed by atoms with Gasteiger partial charge in [0.05, 0.1) is 7.11 Å². The fourth-order valence-electron chi connectivity index (χ4n) is 3.90. The first-order valence-electron chi connectivity index (χ1n) is 8.51. The normalized spacial score (nSPS) is 24.4. The van der Waals surface area contributed by atoms with Crippen LogP contribution in [-0.4, -0.2) is 13.1 Å². The number of ether oxygens (including phenoxy) is 2. The largest absolute Gasteiger partial charge is 0.463 e. The van der Waals surface area contributed by atoms with E-state index in [4.69, 9.17) is 9.47 Å². The van der Waals surface area contributed by atoms with E-state index in [0.717, 1.165) is 18.5 Å². The third-order valence-electron chi connectivity index (χ3n) is 5.14. The predicted octanol–water partition coefficient (Wildman–Crippen LogP) is 3.51. The summed E-state index contributed by atoms with van der Waals surface area (Å²) in [7, 11) is 1.38. The molecular weight excluding hydrogens is 314 g/mol. The minimum absolute atomic E-state index is 0.0720. The van der Waals surface area contributed by atoms with Gasteiger partial charge >= 0.3 is 5.97 Å². The van der Waals surface area contributed by atoms with Gasteiger partial charge in [0.15, 0.2) is 5.72 Å². The van der Waals surface area contributed by atoms with E-state index in [2.05, 4.69) is 36.5 Å². The highest BCUT2D eigenvalue weighted by Gasteiger charge is 2.46. The molecule has 0 amide bonds. The number of hydrogen-bond acceptors (Lipinski definition) is 4. The van der Waals surface area contributed by atoms with Gasteiger partial charge in [-0.2, -0.15) is 0 Å². The second-order valence-electron chi connectivity index (χ2n) is 6.63. The number of aryl methyl sites for hydroxylation is 1. The summed E-state index contributed by atoms with van der Waals surface area (Å²) in [5, 5.41) is 3.49. The van der Waals surface area contributed by atoms with Gasteiger partial charge in [-0.3, -0.25) is 5.32 Å². The zero-order chi connectivity index (χ0) is 17.4. The van der Waals surface area contributed by atoms with Crippen LogP contribution in [0.1, 0.15) is 34.6 Å². The highest BCUT2D eigenvalue weighted by molar-refractivity contribution is 5.86. The van der Waals surface area contributed by atoms with Crippen molar-refractivity contribution in [2.45, 2.75) is 31.5 Å². The van der Waals surface area contributed by atoms with Crippen LogP contribution >= 0.6 is 0 Å². The van der Waals surface area contributed by atoms with Gasteiger partial charge in [-0.15, -0.1) is 0 Å². The van der Waals surface area contributed by atoms with E-state index in [1.165, 1.54) is 23.8 Å². The Hall–Kier alpha value is -2.59. The molecule has 2 aromatic rings. The summed E-state index contributed by atoms with van der Waals surface area (Å²) in [5.41, 5.74) is 4.02. The lowest BCUT2D eigenvalue weighted by Crippen LogP contribution is -2.44. The fourth-order valence-corrected chi connectivity index (χ4v) is 3.90. The molecule has 2 atom stereocenters. The molecule has 0 saturated heterocycles.